The smallest absolute Gasteiger partial charge is 0.262 e. The fourth-order valence-corrected chi connectivity index (χ4v) is 8.62. The van der Waals surface area contributed by atoms with Crippen LogP contribution in [-0.4, -0.2) is 90.6 Å². The second kappa shape index (κ2) is 17.3. The van der Waals surface area contributed by atoms with Gasteiger partial charge in [-0.1, -0.05) is 56.5 Å². The fraction of sp³-hybridized carbons (Fsp3) is 0.658. The summed E-state index contributed by atoms with van der Waals surface area (Å²) >= 11 is 0. The number of benzene rings is 2. The van der Waals surface area contributed by atoms with Crippen LogP contribution in [0.2, 0.25) is 0 Å². The number of aliphatic hydroxyl groups excluding tert-OH is 1. The number of amides is 1. The maximum atomic E-state index is 12.0. The number of fused-ring (bicyclic) bond motifs is 4. The van der Waals surface area contributed by atoms with Crippen molar-refractivity contribution in [1.82, 2.24) is 5.32 Å². The van der Waals surface area contributed by atoms with Gasteiger partial charge in [0.05, 0.1) is 38.0 Å². The Balaban J connectivity index is 0.00000468. The molecule has 272 valence electrons. The minimum absolute atomic E-state index is 0. The molecule has 1 saturated carbocycles. The number of carbonyl (C=O) groups is 1. The summed E-state index contributed by atoms with van der Waals surface area (Å²) in [6.07, 6.45) is 9.73. The third kappa shape index (κ3) is 9.16. The van der Waals surface area contributed by atoms with Crippen molar-refractivity contribution in [3.8, 4) is 11.5 Å². The van der Waals surface area contributed by atoms with Crippen LogP contribution in [0.1, 0.15) is 88.4 Å². The highest BCUT2D eigenvalue weighted by Gasteiger charge is 2.48. The summed E-state index contributed by atoms with van der Waals surface area (Å²) in [5, 5.41) is 39.2. The number of nitrogens with one attached hydrogen (secondary N) is 2. The molecule has 2 aromatic carbocycles. The summed E-state index contributed by atoms with van der Waals surface area (Å²) in [7, 11) is 0. The summed E-state index contributed by atoms with van der Waals surface area (Å²) in [4.78, 5) is 11.7. The summed E-state index contributed by atoms with van der Waals surface area (Å²) in [5.74, 6) is 0.890. The van der Waals surface area contributed by atoms with Gasteiger partial charge in [0, 0.05) is 43.5 Å². The van der Waals surface area contributed by atoms with Crippen LogP contribution in [0, 0.1) is 11.8 Å². The lowest BCUT2D eigenvalue weighted by Crippen LogP contribution is -3.00. The van der Waals surface area contributed by atoms with Gasteiger partial charge in [0.25, 0.3) is 5.91 Å². The summed E-state index contributed by atoms with van der Waals surface area (Å²) in [6.45, 7) is 7.80. The zero-order chi connectivity index (χ0) is 33.6. The number of anilines is 1. The van der Waals surface area contributed by atoms with E-state index in [0.29, 0.717) is 36.1 Å². The molecule has 3 saturated heterocycles. The van der Waals surface area contributed by atoms with Gasteiger partial charge in [-0.25, -0.2) is 0 Å². The molecule has 0 aromatic heterocycles. The Morgan fingerprint density at radius 3 is 2.59 bits per heavy atom. The molecule has 10 nitrogen and oxygen atoms in total. The number of aliphatic hydroxyl groups is 2. The van der Waals surface area contributed by atoms with Crippen LogP contribution in [0.5, 0.6) is 11.5 Å². The highest BCUT2D eigenvalue weighted by Crippen LogP contribution is 2.43. The number of nitrogens with zero attached hydrogens (tertiary/aromatic N) is 1. The van der Waals surface area contributed by atoms with Crippen molar-refractivity contribution in [3.05, 3.63) is 53.6 Å². The molecular formula is C38H56BrN3O7. The molecule has 49 heavy (non-hydrogen) atoms. The van der Waals surface area contributed by atoms with Crippen LogP contribution in [-0.2, 0) is 19.9 Å². The van der Waals surface area contributed by atoms with E-state index in [1.165, 1.54) is 50.9 Å². The van der Waals surface area contributed by atoms with E-state index < -0.39 is 11.7 Å². The van der Waals surface area contributed by atoms with Crippen LogP contribution in [0.4, 0.5) is 5.69 Å². The molecule has 2 bridgehead atoms. The topological polar surface area (TPSA) is 130 Å². The van der Waals surface area contributed by atoms with E-state index >= 15 is 0 Å². The number of phenols is 1. The fourth-order valence-electron chi connectivity index (χ4n) is 8.62. The van der Waals surface area contributed by atoms with Crippen molar-refractivity contribution in [3.63, 3.8) is 0 Å². The molecule has 4 atom stereocenters. The van der Waals surface area contributed by atoms with Crippen molar-refractivity contribution >= 4 is 11.6 Å². The lowest BCUT2D eigenvalue weighted by molar-refractivity contribution is -0.946. The van der Waals surface area contributed by atoms with Crippen LogP contribution >= 0.6 is 0 Å². The monoisotopic (exact) mass is 745 g/mol. The van der Waals surface area contributed by atoms with Crippen LogP contribution < -0.4 is 32.4 Å². The van der Waals surface area contributed by atoms with E-state index in [4.69, 9.17) is 14.2 Å². The first-order chi connectivity index (χ1) is 23.3. The third-order valence-corrected chi connectivity index (χ3v) is 11.4. The predicted molar refractivity (Wildman–Crippen MR) is 184 cm³/mol. The van der Waals surface area contributed by atoms with E-state index in [-0.39, 0.29) is 60.0 Å². The quantitative estimate of drug-likeness (QED) is 0.0946. The number of ether oxygens (including phenoxy) is 3. The van der Waals surface area contributed by atoms with E-state index in [1.807, 2.05) is 18.2 Å². The number of carbonyl (C=O) groups excluding carboxylic acids is 1. The van der Waals surface area contributed by atoms with Gasteiger partial charge in [0.15, 0.2) is 6.61 Å². The SMILES string of the molecule is CCCC(NC[C@H](O)c1cc(O)cc2c1OCC(=O)N2)OCCCC[N+]12CCC(CC1)[C@@H](OC[C@@](O)(c1ccccc1)C1CCCC1)C2.[Br-]. The number of rotatable bonds is 17. The summed E-state index contributed by atoms with van der Waals surface area (Å²) < 4.78 is 19.7. The second-order valence-corrected chi connectivity index (χ2v) is 14.7. The largest absolute Gasteiger partial charge is 1.00 e. The van der Waals surface area contributed by atoms with Gasteiger partial charge in [-0.15, -0.1) is 0 Å². The van der Waals surface area contributed by atoms with Gasteiger partial charge < -0.3 is 56.3 Å². The van der Waals surface area contributed by atoms with Crippen LogP contribution in [0.3, 0.4) is 0 Å². The van der Waals surface area contributed by atoms with E-state index in [2.05, 4.69) is 29.7 Å². The Kier molecular flexibility index (Phi) is 13.4. The highest BCUT2D eigenvalue weighted by molar-refractivity contribution is 5.96. The van der Waals surface area contributed by atoms with Crippen molar-refractivity contribution in [2.24, 2.45) is 11.8 Å². The Morgan fingerprint density at radius 1 is 1.10 bits per heavy atom. The molecule has 5 N–H and O–H groups in total. The van der Waals surface area contributed by atoms with Gasteiger partial charge in [0.2, 0.25) is 0 Å². The predicted octanol–water partition coefficient (Wildman–Crippen LogP) is 1.98. The van der Waals surface area contributed by atoms with Gasteiger partial charge in [0.1, 0.15) is 36.0 Å². The average Bonchev–Trinajstić information content (AvgIpc) is 3.66. The minimum Gasteiger partial charge on any atom is -1.00 e. The molecule has 4 aliphatic heterocycles. The van der Waals surface area contributed by atoms with Crippen LogP contribution in [0.15, 0.2) is 42.5 Å². The highest BCUT2D eigenvalue weighted by atomic mass is 79.9. The molecule has 0 radical (unpaired) electrons. The van der Waals surface area contributed by atoms with Gasteiger partial charge in [-0.05, 0) is 49.7 Å². The number of unbranched alkanes of at least 4 members (excludes halogenated alkanes) is 1. The zero-order valence-electron chi connectivity index (χ0n) is 29.0. The standard InChI is InChI=1S/C38H55N3O7.BrH/c1-2-10-36(39-23-33(43)31-21-30(42)22-32-37(31)47-25-35(44)40-32)46-20-9-8-17-41-18-15-27(16-19-41)34(24-41)48-26-38(45,29-13-6-7-14-29)28-11-4-3-5-12-28;/h3-5,11-12,21-22,27,29,33-34,36,39,43,45H,2,6-10,13-20,23-26H2,1H3,(H-,40,42,44);1H/t27?,33-,34-,36?,38+,41?;/m0./s1. The Bertz CT molecular complexity index is 1350. The Hall–Kier alpha value is -2.25. The number of piperidine rings is 3. The molecule has 0 spiro atoms. The molecule has 4 heterocycles. The molecule has 1 aliphatic carbocycles. The van der Waals surface area contributed by atoms with Crippen molar-refractivity contribution < 1.29 is 55.8 Å². The number of phenolic OH excluding ortho intramolecular Hbond substituents is 1. The zero-order valence-corrected chi connectivity index (χ0v) is 30.5. The minimum atomic E-state index is -0.946. The molecule has 1 amide bonds. The second-order valence-electron chi connectivity index (χ2n) is 14.7. The average molecular weight is 747 g/mol. The first-order valence-corrected chi connectivity index (χ1v) is 18.4. The molecule has 11 heteroatoms. The molecular weight excluding hydrogens is 690 g/mol. The first kappa shape index (κ1) is 38.0. The normalized spacial score (nSPS) is 25.8. The Morgan fingerprint density at radius 2 is 1.86 bits per heavy atom. The summed E-state index contributed by atoms with van der Waals surface area (Å²) in [5.41, 5.74) is 0.868. The van der Waals surface area contributed by atoms with Crippen molar-refractivity contribution in [2.75, 3.05) is 57.9 Å². The molecule has 7 rings (SSSR count). The lowest BCUT2D eigenvalue weighted by atomic mass is 9.80. The maximum Gasteiger partial charge on any atom is 0.262 e. The maximum absolute atomic E-state index is 12.0. The van der Waals surface area contributed by atoms with E-state index in [0.717, 1.165) is 61.7 Å². The molecule has 1 unspecified atom stereocenters. The Labute approximate surface area is 301 Å². The number of quaternary nitrogens is 1. The first-order valence-electron chi connectivity index (χ1n) is 18.4. The molecule has 4 fully saturated rings. The van der Waals surface area contributed by atoms with Crippen molar-refractivity contribution in [1.29, 1.82) is 0 Å². The lowest BCUT2D eigenvalue weighted by Gasteiger charge is -2.53. The number of aromatic hydroxyl groups is 1. The van der Waals surface area contributed by atoms with Crippen LogP contribution in [0.25, 0.3) is 0 Å². The number of hydrogen-bond donors (Lipinski definition) is 5. The molecule has 2 aromatic rings. The molecule has 5 aliphatic rings. The van der Waals surface area contributed by atoms with E-state index in [9.17, 15) is 20.1 Å². The number of halogens is 1. The van der Waals surface area contributed by atoms with Gasteiger partial charge >= 0.3 is 0 Å². The number of hydrogen-bond acceptors (Lipinski definition) is 8. The van der Waals surface area contributed by atoms with E-state index in [1.54, 1.807) is 0 Å². The van der Waals surface area contributed by atoms with Gasteiger partial charge in [-0.3, -0.25) is 10.1 Å². The van der Waals surface area contributed by atoms with Gasteiger partial charge in [-0.2, -0.15) is 0 Å². The third-order valence-electron chi connectivity index (χ3n) is 11.4. The van der Waals surface area contributed by atoms with Crippen molar-refractivity contribution in [2.45, 2.75) is 95.2 Å². The summed E-state index contributed by atoms with van der Waals surface area (Å²) in [6, 6.07) is 13.1.